The van der Waals surface area contributed by atoms with Crippen molar-refractivity contribution in [2.24, 2.45) is 0 Å². The number of halogens is 1. The fourth-order valence-corrected chi connectivity index (χ4v) is 4.62. The van der Waals surface area contributed by atoms with Gasteiger partial charge in [-0.3, -0.25) is 4.79 Å². The number of nitrogens with one attached hydrogen (secondary N) is 1. The number of amides is 1. The lowest BCUT2D eigenvalue weighted by molar-refractivity contribution is -0.112. The summed E-state index contributed by atoms with van der Waals surface area (Å²) in [5.74, 6) is -0.475. The van der Waals surface area contributed by atoms with Crippen LogP contribution in [0.25, 0.3) is 6.08 Å². The maximum absolute atomic E-state index is 12.5. The van der Waals surface area contributed by atoms with Gasteiger partial charge in [-0.15, -0.1) is 11.3 Å². The number of carbonyl (C=O) groups excluding carboxylic acids is 1. The first-order chi connectivity index (χ1) is 12.1. The zero-order valence-corrected chi connectivity index (χ0v) is 16.3. The van der Waals surface area contributed by atoms with E-state index in [2.05, 4.69) is 34.0 Å². The zero-order valence-electron chi connectivity index (χ0n) is 13.3. The van der Waals surface area contributed by atoms with Gasteiger partial charge >= 0.3 is 0 Å². The van der Waals surface area contributed by atoms with Crippen molar-refractivity contribution < 1.29 is 4.79 Å². The van der Waals surface area contributed by atoms with E-state index in [0.29, 0.717) is 10.6 Å². The summed E-state index contributed by atoms with van der Waals surface area (Å²) in [6, 6.07) is 11.7. The van der Waals surface area contributed by atoms with E-state index in [1.54, 1.807) is 6.08 Å². The van der Waals surface area contributed by atoms with E-state index in [0.717, 1.165) is 40.4 Å². The maximum atomic E-state index is 12.5. The lowest BCUT2D eigenvalue weighted by Crippen LogP contribution is -2.13. The van der Waals surface area contributed by atoms with E-state index in [1.807, 2.05) is 30.3 Å². The van der Waals surface area contributed by atoms with Crippen LogP contribution in [0.1, 0.15) is 34.4 Å². The minimum absolute atomic E-state index is 0.0272. The fraction of sp³-hybridized carbons (Fsp3) is 0.211. The first-order valence-electron chi connectivity index (χ1n) is 7.86. The number of fused-ring (bicyclic) bond motifs is 1. The quantitative estimate of drug-likeness (QED) is 0.413. The van der Waals surface area contributed by atoms with Gasteiger partial charge in [0.2, 0.25) is 0 Å². The Hall–Kier alpha value is -2.16. The molecule has 2 aromatic rings. The number of hydrogen-bond acceptors (Lipinski definition) is 4. The van der Waals surface area contributed by atoms with E-state index >= 15 is 0 Å². The molecule has 6 heteroatoms. The minimum atomic E-state index is -0.475. The summed E-state index contributed by atoms with van der Waals surface area (Å²) in [4.78, 5) is 13.7. The lowest BCUT2D eigenvalue weighted by Gasteiger charge is -2.09. The Bertz CT molecular complexity index is 947. The SMILES string of the molecule is N#C/C(=C\c1ccccc1I)C(=O)Nc1sc2c(c1C#N)CCCC2. The minimum Gasteiger partial charge on any atom is -0.312 e. The van der Waals surface area contributed by atoms with Crippen LogP contribution in [0.4, 0.5) is 5.00 Å². The topological polar surface area (TPSA) is 76.7 Å². The van der Waals surface area contributed by atoms with Gasteiger partial charge in [0.1, 0.15) is 22.7 Å². The molecule has 0 spiro atoms. The van der Waals surface area contributed by atoms with Crippen LogP contribution in [0.15, 0.2) is 29.8 Å². The van der Waals surface area contributed by atoms with Crippen molar-refractivity contribution in [1.82, 2.24) is 0 Å². The van der Waals surface area contributed by atoms with E-state index in [1.165, 1.54) is 16.2 Å². The number of rotatable bonds is 3. The second kappa shape index (κ2) is 7.81. The van der Waals surface area contributed by atoms with Crippen molar-refractivity contribution in [3.8, 4) is 12.1 Å². The van der Waals surface area contributed by atoms with Crippen molar-refractivity contribution in [2.45, 2.75) is 25.7 Å². The standard InChI is InChI=1S/C19H14IN3OS/c20-16-7-3-1-5-12(16)9-13(10-21)18(24)23-19-15(11-22)14-6-2-4-8-17(14)25-19/h1,3,5,7,9H,2,4,6,8H2,(H,23,24)/b13-9+. The molecular formula is C19H14IN3OS. The van der Waals surface area contributed by atoms with E-state index in [-0.39, 0.29) is 5.57 Å². The molecule has 4 nitrogen and oxygen atoms in total. The highest BCUT2D eigenvalue weighted by Crippen LogP contribution is 2.37. The van der Waals surface area contributed by atoms with E-state index < -0.39 is 5.91 Å². The van der Waals surface area contributed by atoms with Gasteiger partial charge in [-0.25, -0.2) is 0 Å². The summed E-state index contributed by atoms with van der Waals surface area (Å²) in [7, 11) is 0. The molecule has 1 aliphatic rings. The van der Waals surface area contributed by atoms with Gasteiger partial charge in [0.05, 0.1) is 5.56 Å². The average Bonchev–Trinajstić information content (AvgIpc) is 2.97. The molecule has 0 aliphatic heterocycles. The van der Waals surface area contributed by atoms with Gasteiger partial charge in [-0.2, -0.15) is 10.5 Å². The highest BCUT2D eigenvalue weighted by molar-refractivity contribution is 14.1. The van der Waals surface area contributed by atoms with Gasteiger partial charge in [-0.05, 0) is 71.5 Å². The third kappa shape index (κ3) is 3.76. The predicted octanol–water partition coefficient (Wildman–Crippen LogP) is 4.65. The molecule has 1 N–H and O–H groups in total. The molecule has 0 radical (unpaired) electrons. The van der Waals surface area contributed by atoms with E-state index in [9.17, 15) is 15.3 Å². The number of thiophene rings is 1. The first-order valence-corrected chi connectivity index (χ1v) is 9.76. The summed E-state index contributed by atoms with van der Waals surface area (Å²) in [6.07, 6.45) is 5.60. The molecule has 0 fully saturated rings. The molecule has 0 saturated carbocycles. The van der Waals surface area contributed by atoms with Crippen molar-refractivity contribution in [1.29, 1.82) is 10.5 Å². The van der Waals surface area contributed by atoms with Crippen LogP contribution in [-0.4, -0.2) is 5.91 Å². The van der Waals surface area contributed by atoms with Crippen molar-refractivity contribution in [3.63, 3.8) is 0 Å². The van der Waals surface area contributed by atoms with Crippen molar-refractivity contribution >= 4 is 50.9 Å². The second-order valence-electron chi connectivity index (χ2n) is 5.67. The summed E-state index contributed by atoms with van der Waals surface area (Å²) < 4.78 is 0.963. The number of hydrogen-bond donors (Lipinski definition) is 1. The molecule has 0 bridgehead atoms. The molecule has 0 unspecified atom stereocenters. The van der Waals surface area contributed by atoms with Crippen LogP contribution in [0.5, 0.6) is 0 Å². The molecule has 124 valence electrons. The summed E-state index contributed by atoms with van der Waals surface area (Å²) in [5.41, 5.74) is 2.47. The summed E-state index contributed by atoms with van der Waals surface area (Å²) in [6.45, 7) is 0. The van der Waals surface area contributed by atoms with Gasteiger partial charge in [0, 0.05) is 8.45 Å². The van der Waals surface area contributed by atoms with Gasteiger partial charge in [-0.1, -0.05) is 18.2 Å². The zero-order chi connectivity index (χ0) is 17.8. The molecule has 1 amide bonds. The van der Waals surface area contributed by atoms with Crippen LogP contribution in [0, 0.1) is 26.2 Å². The molecule has 1 heterocycles. The highest BCUT2D eigenvalue weighted by atomic mass is 127. The molecule has 1 aromatic carbocycles. The predicted molar refractivity (Wildman–Crippen MR) is 107 cm³/mol. The second-order valence-corrected chi connectivity index (χ2v) is 7.94. The number of aryl methyl sites for hydroxylation is 1. The Balaban J connectivity index is 1.89. The largest absolute Gasteiger partial charge is 0.312 e. The average molecular weight is 459 g/mol. The first kappa shape index (κ1) is 17.7. The van der Waals surface area contributed by atoms with Crippen LogP contribution >= 0.6 is 33.9 Å². The lowest BCUT2D eigenvalue weighted by atomic mass is 9.96. The Kier molecular flexibility index (Phi) is 5.52. The number of nitriles is 2. The van der Waals surface area contributed by atoms with Gasteiger partial charge < -0.3 is 5.32 Å². The third-order valence-electron chi connectivity index (χ3n) is 4.08. The Labute approximate surface area is 163 Å². The smallest absolute Gasteiger partial charge is 0.266 e. The molecule has 1 aromatic heterocycles. The van der Waals surface area contributed by atoms with Gasteiger partial charge in [0.15, 0.2) is 0 Å². The Morgan fingerprint density at radius 1 is 1.24 bits per heavy atom. The van der Waals surface area contributed by atoms with Gasteiger partial charge in [0.25, 0.3) is 5.91 Å². The number of carbonyl (C=O) groups is 1. The monoisotopic (exact) mass is 459 g/mol. The van der Waals surface area contributed by atoms with Crippen molar-refractivity contribution in [3.05, 3.63) is 55.0 Å². The van der Waals surface area contributed by atoms with E-state index in [4.69, 9.17) is 0 Å². The Morgan fingerprint density at radius 3 is 2.72 bits per heavy atom. The molecule has 0 saturated heterocycles. The summed E-state index contributed by atoms with van der Waals surface area (Å²) in [5, 5.41) is 22.2. The van der Waals surface area contributed by atoms with Crippen molar-refractivity contribution in [2.75, 3.05) is 5.32 Å². The molecule has 25 heavy (non-hydrogen) atoms. The van der Waals surface area contributed by atoms with Crippen LogP contribution in [0.3, 0.4) is 0 Å². The van der Waals surface area contributed by atoms with Crippen LogP contribution in [0.2, 0.25) is 0 Å². The molecule has 1 aliphatic carbocycles. The maximum Gasteiger partial charge on any atom is 0.266 e. The third-order valence-corrected chi connectivity index (χ3v) is 6.27. The Morgan fingerprint density at radius 2 is 2.00 bits per heavy atom. The number of benzene rings is 1. The molecule has 3 rings (SSSR count). The number of anilines is 1. The van der Waals surface area contributed by atoms with Crippen LogP contribution < -0.4 is 5.32 Å². The highest BCUT2D eigenvalue weighted by Gasteiger charge is 2.22. The molecular weight excluding hydrogens is 445 g/mol. The summed E-state index contributed by atoms with van der Waals surface area (Å²) >= 11 is 3.63. The fourth-order valence-electron chi connectivity index (χ4n) is 2.84. The number of nitrogens with zero attached hydrogens (tertiary/aromatic N) is 2. The van der Waals surface area contributed by atoms with Crippen LogP contribution in [-0.2, 0) is 17.6 Å². The molecule has 0 atom stereocenters. The normalized spacial score (nSPS) is 13.5.